The number of fused-ring (bicyclic) bond motifs is 1. The van der Waals surface area contributed by atoms with Gasteiger partial charge >= 0.3 is 0 Å². The first kappa shape index (κ1) is 24.7. The van der Waals surface area contributed by atoms with Crippen LogP contribution in [0, 0.1) is 0 Å². The molecule has 0 bridgehead atoms. The van der Waals surface area contributed by atoms with E-state index in [0.717, 1.165) is 33.7 Å². The van der Waals surface area contributed by atoms with Gasteiger partial charge in [-0.05, 0) is 47.0 Å². The topological polar surface area (TPSA) is 72.8 Å². The first-order valence-corrected chi connectivity index (χ1v) is 13.4. The molecule has 0 saturated carbocycles. The van der Waals surface area contributed by atoms with E-state index in [2.05, 4.69) is 34.6 Å². The van der Waals surface area contributed by atoms with Crippen LogP contribution in [0.2, 0.25) is 0 Å². The number of nitrogens with one attached hydrogen (secondary N) is 1. The molecule has 0 amide bonds. The molecule has 5 aromatic rings. The maximum absolute atomic E-state index is 10.9. The molecule has 0 fully saturated rings. The number of nitrogens with zero attached hydrogens (tertiary/aromatic N) is 1. The highest BCUT2D eigenvalue weighted by molar-refractivity contribution is 7.13. The van der Waals surface area contributed by atoms with Crippen LogP contribution in [-0.4, -0.2) is 23.5 Å². The molecule has 1 aliphatic heterocycles. The largest absolute Gasteiger partial charge is 0.495 e. The number of aliphatic hydroxyl groups excluding tert-OH is 1. The fraction of sp³-hybridized carbons (Fsp3) is 0.0938. The van der Waals surface area contributed by atoms with Crippen molar-refractivity contribution in [2.24, 2.45) is 0 Å². The van der Waals surface area contributed by atoms with E-state index in [-0.39, 0.29) is 0 Å². The van der Waals surface area contributed by atoms with Crippen LogP contribution in [0.5, 0.6) is 17.2 Å². The average Bonchev–Trinajstić information content (AvgIpc) is 3.45. The molecule has 0 spiro atoms. The third-order valence-corrected chi connectivity index (χ3v) is 7.15. The molecule has 39 heavy (non-hydrogen) atoms. The molecular weight excluding hydrogens is 508 g/mol. The first-order chi connectivity index (χ1) is 19.2. The molecular formula is C32H26N2O4S. The van der Waals surface area contributed by atoms with Gasteiger partial charge in [-0.25, -0.2) is 4.98 Å². The van der Waals surface area contributed by atoms with Crippen molar-refractivity contribution in [3.8, 4) is 28.4 Å². The van der Waals surface area contributed by atoms with E-state index >= 15 is 0 Å². The number of hydrogen-bond acceptors (Lipinski definition) is 7. The zero-order valence-corrected chi connectivity index (χ0v) is 22.0. The molecule has 2 heterocycles. The zero-order valence-electron chi connectivity index (χ0n) is 21.2. The molecule has 6 nitrogen and oxygen atoms in total. The van der Waals surface area contributed by atoms with Gasteiger partial charge in [0.15, 0.2) is 16.6 Å². The van der Waals surface area contributed by atoms with Crippen molar-refractivity contribution in [1.29, 1.82) is 0 Å². The molecule has 7 heteroatoms. The summed E-state index contributed by atoms with van der Waals surface area (Å²) >= 11 is 1.44. The summed E-state index contributed by atoms with van der Waals surface area (Å²) in [5, 5.41) is 16.8. The van der Waals surface area contributed by atoms with Gasteiger partial charge < -0.3 is 24.6 Å². The number of rotatable bonds is 8. The summed E-state index contributed by atoms with van der Waals surface area (Å²) in [6, 6.07) is 31.9. The Morgan fingerprint density at radius 1 is 0.897 bits per heavy atom. The van der Waals surface area contributed by atoms with Crippen molar-refractivity contribution >= 4 is 33.8 Å². The second kappa shape index (κ2) is 11.0. The molecule has 0 aliphatic carbocycles. The number of benzene rings is 4. The molecule has 1 atom stereocenters. The molecule has 1 unspecified atom stereocenters. The Labute approximate surface area is 230 Å². The fourth-order valence-electron chi connectivity index (χ4n) is 4.46. The lowest BCUT2D eigenvalue weighted by atomic mass is 10.0. The minimum absolute atomic E-state index is 0.372. The van der Waals surface area contributed by atoms with E-state index < -0.39 is 6.29 Å². The predicted octanol–water partition coefficient (Wildman–Crippen LogP) is 7.39. The van der Waals surface area contributed by atoms with Crippen LogP contribution in [0.25, 0.3) is 22.8 Å². The van der Waals surface area contributed by atoms with E-state index in [9.17, 15) is 5.11 Å². The minimum Gasteiger partial charge on any atom is -0.495 e. The molecule has 4 aromatic carbocycles. The minimum atomic E-state index is -1.18. The SMILES string of the molecule is COc1ccccc1Nc1nc(C2=Cc3cccc(OCc4cccc(-c5ccccc5)c4)c3OC2O)cs1. The third-order valence-electron chi connectivity index (χ3n) is 6.39. The Balaban J connectivity index is 1.20. The summed E-state index contributed by atoms with van der Waals surface area (Å²) in [7, 11) is 1.63. The lowest BCUT2D eigenvalue weighted by Crippen LogP contribution is -2.21. The number of aliphatic hydroxyl groups is 1. The molecule has 1 aliphatic rings. The van der Waals surface area contributed by atoms with Crippen LogP contribution >= 0.6 is 11.3 Å². The highest BCUT2D eigenvalue weighted by atomic mass is 32.1. The predicted molar refractivity (Wildman–Crippen MR) is 156 cm³/mol. The maximum atomic E-state index is 10.9. The highest BCUT2D eigenvalue weighted by Crippen LogP contribution is 2.41. The van der Waals surface area contributed by atoms with Gasteiger partial charge in [-0.15, -0.1) is 11.3 Å². The second-order valence-electron chi connectivity index (χ2n) is 8.96. The van der Waals surface area contributed by atoms with Crippen LogP contribution in [0.15, 0.2) is 102 Å². The monoisotopic (exact) mass is 534 g/mol. The number of ether oxygens (including phenoxy) is 3. The quantitative estimate of drug-likeness (QED) is 0.216. The van der Waals surface area contributed by atoms with Gasteiger partial charge in [-0.1, -0.05) is 72.8 Å². The van der Waals surface area contributed by atoms with Gasteiger partial charge in [0, 0.05) is 16.5 Å². The number of hydrogen-bond donors (Lipinski definition) is 2. The van der Waals surface area contributed by atoms with Gasteiger partial charge in [-0.2, -0.15) is 0 Å². The smallest absolute Gasteiger partial charge is 0.226 e. The molecule has 6 rings (SSSR count). The van der Waals surface area contributed by atoms with Crippen LogP contribution in [0.4, 0.5) is 10.8 Å². The molecule has 1 aromatic heterocycles. The van der Waals surface area contributed by atoms with Gasteiger partial charge in [-0.3, -0.25) is 0 Å². The van der Waals surface area contributed by atoms with Crippen molar-refractivity contribution in [2.75, 3.05) is 12.4 Å². The van der Waals surface area contributed by atoms with Gasteiger partial charge in [0.05, 0.1) is 18.5 Å². The average molecular weight is 535 g/mol. The fourth-order valence-corrected chi connectivity index (χ4v) is 5.19. The second-order valence-corrected chi connectivity index (χ2v) is 9.82. The van der Waals surface area contributed by atoms with Crippen molar-refractivity contribution in [3.05, 3.63) is 119 Å². The van der Waals surface area contributed by atoms with Crippen LogP contribution < -0.4 is 19.5 Å². The number of para-hydroxylation sites is 3. The van der Waals surface area contributed by atoms with E-state index in [1.807, 2.05) is 84.3 Å². The molecule has 0 saturated heterocycles. The van der Waals surface area contributed by atoms with Gasteiger partial charge in [0.25, 0.3) is 0 Å². The lowest BCUT2D eigenvalue weighted by molar-refractivity contribution is 0.0288. The van der Waals surface area contributed by atoms with Gasteiger partial charge in [0.1, 0.15) is 12.4 Å². The normalized spacial score (nSPS) is 14.1. The summed E-state index contributed by atoms with van der Waals surface area (Å²) in [6.07, 6.45) is 0.721. The lowest BCUT2D eigenvalue weighted by Gasteiger charge is -2.24. The molecule has 0 radical (unpaired) electrons. The summed E-state index contributed by atoms with van der Waals surface area (Å²) in [5.41, 5.74) is 6.19. The van der Waals surface area contributed by atoms with Gasteiger partial charge in [0.2, 0.25) is 6.29 Å². The van der Waals surface area contributed by atoms with Crippen LogP contribution in [0.3, 0.4) is 0 Å². The Morgan fingerprint density at radius 2 is 1.67 bits per heavy atom. The third kappa shape index (κ3) is 5.36. The van der Waals surface area contributed by atoms with E-state index in [1.54, 1.807) is 7.11 Å². The molecule has 194 valence electrons. The van der Waals surface area contributed by atoms with Crippen LogP contribution in [0.1, 0.15) is 16.8 Å². The van der Waals surface area contributed by atoms with Crippen LogP contribution in [-0.2, 0) is 6.61 Å². The van der Waals surface area contributed by atoms with Crippen molar-refractivity contribution in [1.82, 2.24) is 4.98 Å². The first-order valence-electron chi connectivity index (χ1n) is 12.5. The summed E-state index contributed by atoms with van der Waals surface area (Å²) in [5.74, 6) is 1.81. The highest BCUT2D eigenvalue weighted by Gasteiger charge is 2.26. The number of anilines is 2. The number of methoxy groups -OCH3 is 1. The number of aromatic nitrogens is 1. The molecule has 2 N–H and O–H groups in total. The van der Waals surface area contributed by atoms with E-state index in [4.69, 9.17) is 14.2 Å². The Bertz CT molecular complexity index is 1630. The summed E-state index contributed by atoms with van der Waals surface area (Å²) in [6.45, 7) is 0.372. The zero-order chi connectivity index (χ0) is 26.6. The Morgan fingerprint density at radius 3 is 2.54 bits per heavy atom. The Hall–Kier alpha value is -4.59. The van der Waals surface area contributed by atoms with E-state index in [0.29, 0.717) is 34.5 Å². The van der Waals surface area contributed by atoms with E-state index in [1.165, 1.54) is 11.3 Å². The Kier molecular flexibility index (Phi) is 6.99. The van der Waals surface area contributed by atoms with Crippen molar-refractivity contribution < 1.29 is 19.3 Å². The number of thiazole rings is 1. The maximum Gasteiger partial charge on any atom is 0.226 e. The standard InChI is InChI=1S/C32H26N2O4S/c1-36-28-15-6-5-14-26(28)33-32-34-27(20-39-32)25-18-24-13-8-16-29(30(24)38-31(25)35)37-19-21-9-7-12-23(17-21)22-10-3-2-4-11-22/h2-18,20,31,35H,19H2,1H3,(H,33,34). The van der Waals surface area contributed by atoms with Crippen molar-refractivity contribution in [2.45, 2.75) is 12.9 Å². The summed E-state index contributed by atoms with van der Waals surface area (Å²) < 4.78 is 17.5. The summed E-state index contributed by atoms with van der Waals surface area (Å²) in [4.78, 5) is 4.67. The van der Waals surface area contributed by atoms with Crippen molar-refractivity contribution in [3.63, 3.8) is 0 Å².